The Kier molecular flexibility index (Phi) is 7.05. The van der Waals surface area contributed by atoms with Crippen molar-refractivity contribution in [1.29, 1.82) is 0 Å². The minimum atomic E-state index is -0.354. The van der Waals surface area contributed by atoms with E-state index in [1.54, 1.807) is 42.5 Å². The van der Waals surface area contributed by atoms with Crippen molar-refractivity contribution in [3.8, 4) is 17.2 Å². The first kappa shape index (κ1) is 19.3. The number of halogens is 1. The van der Waals surface area contributed by atoms with Crippen LogP contribution >= 0.6 is 11.6 Å². The summed E-state index contributed by atoms with van der Waals surface area (Å²) in [5, 5.41) is 4.35. The molecule has 0 saturated carbocycles. The number of methoxy groups -OCH3 is 2. The zero-order valence-electron chi connectivity index (χ0n) is 14.5. The van der Waals surface area contributed by atoms with Gasteiger partial charge in [-0.2, -0.15) is 5.10 Å². The summed E-state index contributed by atoms with van der Waals surface area (Å²) in [4.78, 5) is 12.1. The number of amides is 1. The van der Waals surface area contributed by atoms with Gasteiger partial charge in [-0.15, -0.1) is 0 Å². The van der Waals surface area contributed by atoms with Gasteiger partial charge in [0.05, 0.1) is 25.5 Å². The lowest BCUT2D eigenvalue weighted by atomic mass is 10.2. The Balaban J connectivity index is 2.03. The summed E-state index contributed by atoms with van der Waals surface area (Å²) in [6.45, 7) is 3.98. The Hall–Kier alpha value is -2.99. The van der Waals surface area contributed by atoms with Crippen LogP contribution in [0.15, 0.2) is 54.2 Å². The molecule has 0 aliphatic carbocycles. The van der Waals surface area contributed by atoms with E-state index in [1.165, 1.54) is 20.4 Å². The van der Waals surface area contributed by atoms with Crippen LogP contribution in [0.1, 0.15) is 15.9 Å². The van der Waals surface area contributed by atoms with Crippen molar-refractivity contribution in [2.75, 3.05) is 20.8 Å². The fourth-order valence-corrected chi connectivity index (χ4v) is 2.25. The maximum Gasteiger partial charge on any atom is 0.271 e. The van der Waals surface area contributed by atoms with Gasteiger partial charge in [-0.05, 0) is 30.3 Å². The lowest BCUT2D eigenvalue weighted by Gasteiger charge is -2.09. The fourth-order valence-electron chi connectivity index (χ4n) is 2.05. The molecule has 0 aliphatic rings. The van der Waals surface area contributed by atoms with Gasteiger partial charge >= 0.3 is 0 Å². The van der Waals surface area contributed by atoms with Crippen LogP contribution in [-0.2, 0) is 0 Å². The number of benzene rings is 2. The molecule has 0 saturated heterocycles. The van der Waals surface area contributed by atoms with Crippen LogP contribution in [-0.4, -0.2) is 32.9 Å². The summed E-state index contributed by atoms with van der Waals surface area (Å²) in [6, 6.07) is 9.98. The van der Waals surface area contributed by atoms with Crippen molar-refractivity contribution in [3.63, 3.8) is 0 Å². The fraction of sp³-hybridized carbons (Fsp3) is 0.158. The molecule has 2 aromatic carbocycles. The number of nitrogens with one attached hydrogen (secondary N) is 1. The van der Waals surface area contributed by atoms with E-state index in [0.717, 1.165) is 0 Å². The topological polar surface area (TPSA) is 69.2 Å². The number of carbonyl (C=O) groups is 1. The number of hydrogen-bond donors (Lipinski definition) is 1. The maximum absolute atomic E-state index is 12.1. The molecule has 0 heterocycles. The Labute approximate surface area is 157 Å². The first-order chi connectivity index (χ1) is 12.6. The molecule has 0 radical (unpaired) electrons. The SMILES string of the molecule is C=CCOc1ccc(C(=O)N/N=C/c2cc(OC)c(OC)cc2Cl)cc1. The maximum atomic E-state index is 12.1. The predicted molar refractivity (Wildman–Crippen MR) is 102 cm³/mol. The molecule has 26 heavy (non-hydrogen) atoms. The number of rotatable bonds is 8. The Morgan fingerprint density at radius 1 is 1.19 bits per heavy atom. The lowest BCUT2D eigenvalue weighted by Crippen LogP contribution is -2.17. The zero-order valence-corrected chi connectivity index (χ0v) is 15.2. The van der Waals surface area contributed by atoms with Crippen molar-refractivity contribution in [3.05, 3.63) is 65.2 Å². The third kappa shape index (κ3) is 5.00. The van der Waals surface area contributed by atoms with Gasteiger partial charge in [0.15, 0.2) is 11.5 Å². The summed E-state index contributed by atoms with van der Waals surface area (Å²) < 4.78 is 15.8. The molecule has 0 aliphatic heterocycles. The Morgan fingerprint density at radius 3 is 2.46 bits per heavy atom. The minimum Gasteiger partial charge on any atom is -0.493 e. The standard InChI is InChI=1S/C19H19ClN2O4/c1-4-9-26-15-7-5-13(6-8-15)19(23)22-21-12-14-10-17(24-2)18(25-3)11-16(14)20/h4-8,10-12H,1,9H2,2-3H3,(H,22,23)/b21-12+. The van der Waals surface area contributed by atoms with Gasteiger partial charge in [0, 0.05) is 17.2 Å². The second-order valence-electron chi connectivity index (χ2n) is 5.05. The van der Waals surface area contributed by atoms with E-state index in [4.69, 9.17) is 25.8 Å². The highest BCUT2D eigenvalue weighted by atomic mass is 35.5. The Morgan fingerprint density at radius 2 is 1.85 bits per heavy atom. The minimum absolute atomic E-state index is 0.354. The lowest BCUT2D eigenvalue weighted by molar-refractivity contribution is 0.0955. The van der Waals surface area contributed by atoms with E-state index in [1.807, 2.05) is 0 Å². The average Bonchev–Trinajstić information content (AvgIpc) is 2.67. The summed E-state index contributed by atoms with van der Waals surface area (Å²) >= 11 is 6.17. The van der Waals surface area contributed by atoms with Crippen LogP contribution in [0, 0.1) is 0 Å². The quantitative estimate of drug-likeness (QED) is 0.434. The monoisotopic (exact) mass is 374 g/mol. The largest absolute Gasteiger partial charge is 0.493 e. The first-order valence-electron chi connectivity index (χ1n) is 7.67. The second kappa shape index (κ2) is 9.48. The molecule has 6 nitrogen and oxygen atoms in total. The molecule has 0 atom stereocenters. The molecule has 2 rings (SSSR count). The van der Waals surface area contributed by atoms with Crippen LogP contribution in [0.4, 0.5) is 0 Å². The van der Waals surface area contributed by atoms with Crippen LogP contribution in [0.5, 0.6) is 17.2 Å². The average molecular weight is 375 g/mol. The first-order valence-corrected chi connectivity index (χ1v) is 8.05. The van der Waals surface area contributed by atoms with E-state index in [9.17, 15) is 4.79 Å². The molecular formula is C19H19ClN2O4. The number of carbonyl (C=O) groups excluding carboxylic acids is 1. The highest BCUT2D eigenvalue weighted by Crippen LogP contribution is 2.32. The summed E-state index contributed by atoms with van der Waals surface area (Å²) in [5.74, 6) is 1.33. The van der Waals surface area contributed by atoms with Crippen LogP contribution < -0.4 is 19.6 Å². The van der Waals surface area contributed by atoms with E-state index in [2.05, 4.69) is 17.1 Å². The molecule has 7 heteroatoms. The molecule has 1 N–H and O–H groups in total. The molecule has 1 amide bonds. The molecule has 0 aromatic heterocycles. The third-order valence-electron chi connectivity index (χ3n) is 3.36. The third-order valence-corrected chi connectivity index (χ3v) is 3.68. The molecule has 2 aromatic rings. The molecule has 0 spiro atoms. The van der Waals surface area contributed by atoms with Crippen LogP contribution in [0.3, 0.4) is 0 Å². The molecule has 0 bridgehead atoms. The summed E-state index contributed by atoms with van der Waals surface area (Å²) in [6.07, 6.45) is 3.08. The predicted octanol–water partition coefficient (Wildman–Crippen LogP) is 3.69. The van der Waals surface area contributed by atoms with Gasteiger partial charge in [-0.3, -0.25) is 4.79 Å². The van der Waals surface area contributed by atoms with Gasteiger partial charge in [0.1, 0.15) is 12.4 Å². The van der Waals surface area contributed by atoms with E-state index < -0.39 is 0 Å². The smallest absolute Gasteiger partial charge is 0.271 e. The van der Waals surface area contributed by atoms with E-state index in [-0.39, 0.29) is 5.91 Å². The number of hydrogen-bond acceptors (Lipinski definition) is 5. The van der Waals surface area contributed by atoms with Crippen molar-refractivity contribution in [1.82, 2.24) is 5.43 Å². The van der Waals surface area contributed by atoms with Gasteiger partial charge in [0.25, 0.3) is 5.91 Å². The van der Waals surface area contributed by atoms with Crippen molar-refractivity contribution in [2.45, 2.75) is 0 Å². The van der Waals surface area contributed by atoms with E-state index in [0.29, 0.717) is 40.0 Å². The second-order valence-corrected chi connectivity index (χ2v) is 5.46. The summed E-state index contributed by atoms with van der Waals surface area (Å²) in [5.41, 5.74) is 3.48. The Bertz CT molecular complexity index is 804. The normalized spacial score (nSPS) is 10.4. The number of ether oxygens (including phenoxy) is 3. The van der Waals surface area contributed by atoms with E-state index >= 15 is 0 Å². The molecule has 0 unspecified atom stereocenters. The van der Waals surface area contributed by atoms with Crippen molar-refractivity contribution < 1.29 is 19.0 Å². The van der Waals surface area contributed by atoms with Gasteiger partial charge in [-0.1, -0.05) is 24.3 Å². The molecular weight excluding hydrogens is 356 g/mol. The highest BCUT2D eigenvalue weighted by molar-refractivity contribution is 6.33. The van der Waals surface area contributed by atoms with Crippen LogP contribution in [0.2, 0.25) is 5.02 Å². The van der Waals surface area contributed by atoms with Gasteiger partial charge < -0.3 is 14.2 Å². The van der Waals surface area contributed by atoms with Crippen LogP contribution in [0.25, 0.3) is 0 Å². The molecule has 0 fully saturated rings. The number of hydrazone groups is 1. The molecule has 136 valence electrons. The summed E-state index contributed by atoms with van der Waals surface area (Å²) in [7, 11) is 3.05. The zero-order chi connectivity index (χ0) is 18.9. The van der Waals surface area contributed by atoms with Crippen molar-refractivity contribution in [2.24, 2.45) is 5.10 Å². The number of nitrogens with zero attached hydrogens (tertiary/aromatic N) is 1. The van der Waals surface area contributed by atoms with Crippen molar-refractivity contribution >= 4 is 23.7 Å². The van der Waals surface area contributed by atoms with Gasteiger partial charge in [0.2, 0.25) is 0 Å². The van der Waals surface area contributed by atoms with Gasteiger partial charge in [-0.25, -0.2) is 5.43 Å². The highest BCUT2D eigenvalue weighted by Gasteiger charge is 2.09.